The lowest BCUT2D eigenvalue weighted by molar-refractivity contribution is 0.619. The van der Waals surface area contributed by atoms with Gasteiger partial charge in [0.2, 0.25) is 0 Å². The van der Waals surface area contributed by atoms with Crippen molar-refractivity contribution in [2.45, 2.75) is 31.2 Å². The fraction of sp³-hybridized carbons (Fsp3) is 0.385. The number of hydrogen-bond donors (Lipinski definition) is 0. The van der Waals surface area contributed by atoms with Gasteiger partial charge in [0, 0.05) is 10.4 Å². The van der Waals surface area contributed by atoms with Crippen molar-refractivity contribution >= 4 is 27.5 Å². The topological polar surface area (TPSA) is 30.7 Å². The van der Waals surface area contributed by atoms with E-state index in [-0.39, 0.29) is 0 Å². The zero-order valence-corrected chi connectivity index (χ0v) is 12.2. The van der Waals surface area contributed by atoms with Gasteiger partial charge in [-0.25, -0.2) is 4.68 Å². The molecule has 1 aromatic carbocycles. The van der Waals surface area contributed by atoms with Crippen LogP contribution >= 0.6 is 27.5 Å². The number of nitrogens with zero attached hydrogens (tertiary/aromatic N) is 3. The number of alkyl halides is 1. The van der Waals surface area contributed by atoms with Gasteiger partial charge in [-0.2, -0.15) is 0 Å². The minimum atomic E-state index is 0.451. The quantitative estimate of drug-likeness (QED) is 0.802. The van der Waals surface area contributed by atoms with Crippen LogP contribution in [-0.2, 0) is 12.4 Å². The van der Waals surface area contributed by atoms with Gasteiger partial charge in [0.15, 0.2) is 0 Å². The van der Waals surface area contributed by atoms with Crippen molar-refractivity contribution in [3.05, 3.63) is 45.7 Å². The third-order valence-corrected chi connectivity index (χ3v) is 3.97. The number of aromatic nitrogens is 3. The van der Waals surface area contributed by atoms with E-state index in [1.54, 1.807) is 0 Å². The Morgan fingerprint density at radius 1 is 1.28 bits per heavy atom. The molecular formula is C13H13BrClN3. The molecule has 3 rings (SSSR count). The maximum Gasteiger partial charge on any atom is 0.101 e. The van der Waals surface area contributed by atoms with Crippen LogP contribution in [0.1, 0.15) is 35.7 Å². The predicted octanol–water partition coefficient (Wildman–Crippen LogP) is 3.71. The Morgan fingerprint density at radius 3 is 2.61 bits per heavy atom. The zero-order valence-electron chi connectivity index (χ0n) is 9.81. The van der Waals surface area contributed by atoms with Gasteiger partial charge in [-0.1, -0.05) is 33.3 Å². The molecule has 5 heteroatoms. The first kappa shape index (κ1) is 12.2. The standard InChI is InChI=1S/C13H13BrClN3/c14-11-5-1-9(2-6-11)8-18-13(10-3-4-10)12(7-15)16-17-18/h1-2,5-6,10H,3-4,7-8H2. The highest BCUT2D eigenvalue weighted by Gasteiger charge is 2.30. The third kappa shape index (κ3) is 2.45. The Morgan fingerprint density at radius 2 is 2.00 bits per heavy atom. The Bertz CT molecular complexity index is 546. The molecule has 0 bridgehead atoms. The third-order valence-electron chi connectivity index (χ3n) is 3.18. The van der Waals surface area contributed by atoms with Crippen LogP contribution in [0.5, 0.6) is 0 Å². The monoisotopic (exact) mass is 325 g/mol. The summed E-state index contributed by atoms with van der Waals surface area (Å²) in [7, 11) is 0. The Balaban J connectivity index is 1.88. The second-order valence-corrected chi connectivity index (χ2v) is 5.80. The molecular weight excluding hydrogens is 314 g/mol. The Kier molecular flexibility index (Phi) is 3.39. The van der Waals surface area contributed by atoms with Crippen molar-refractivity contribution < 1.29 is 0 Å². The van der Waals surface area contributed by atoms with Gasteiger partial charge >= 0.3 is 0 Å². The van der Waals surface area contributed by atoms with Gasteiger partial charge in [-0.05, 0) is 30.5 Å². The molecule has 1 aliphatic carbocycles. The highest BCUT2D eigenvalue weighted by atomic mass is 79.9. The average Bonchev–Trinajstić information content (AvgIpc) is 3.14. The molecule has 3 nitrogen and oxygen atoms in total. The molecule has 1 saturated carbocycles. The Labute approximate surface area is 119 Å². The van der Waals surface area contributed by atoms with Gasteiger partial charge in [0.05, 0.1) is 18.1 Å². The summed E-state index contributed by atoms with van der Waals surface area (Å²) in [6.45, 7) is 0.767. The molecule has 0 spiro atoms. The molecule has 0 amide bonds. The summed E-state index contributed by atoms with van der Waals surface area (Å²) >= 11 is 9.36. The van der Waals surface area contributed by atoms with E-state index in [0.717, 1.165) is 16.7 Å². The average molecular weight is 327 g/mol. The van der Waals surface area contributed by atoms with Crippen molar-refractivity contribution in [2.24, 2.45) is 0 Å². The highest BCUT2D eigenvalue weighted by Crippen LogP contribution is 2.41. The number of benzene rings is 1. The first-order valence-electron chi connectivity index (χ1n) is 6.00. The lowest BCUT2D eigenvalue weighted by atomic mass is 10.2. The number of halogens is 2. The van der Waals surface area contributed by atoms with E-state index < -0.39 is 0 Å². The van der Waals surface area contributed by atoms with Crippen molar-refractivity contribution in [3.63, 3.8) is 0 Å². The summed E-state index contributed by atoms with van der Waals surface area (Å²) < 4.78 is 3.09. The van der Waals surface area contributed by atoms with E-state index in [1.165, 1.54) is 24.1 Å². The molecule has 0 unspecified atom stereocenters. The van der Waals surface area contributed by atoms with Crippen LogP contribution in [0, 0.1) is 0 Å². The van der Waals surface area contributed by atoms with Gasteiger partial charge in [-0.3, -0.25) is 0 Å². The van der Waals surface area contributed by atoms with E-state index >= 15 is 0 Å². The first-order valence-corrected chi connectivity index (χ1v) is 7.33. The lowest BCUT2D eigenvalue weighted by Crippen LogP contribution is -2.06. The minimum absolute atomic E-state index is 0.451. The second kappa shape index (κ2) is 5.02. The SMILES string of the molecule is ClCc1nnn(Cc2ccc(Br)cc2)c1C1CC1. The molecule has 0 aliphatic heterocycles. The van der Waals surface area contributed by atoms with Crippen LogP contribution in [-0.4, -0.2) is 15.0 Å². The van der Waals surface area contributed by atoms with Gasteiger partial charge < -0.3 is 0 Å². The van der Waals surface area contributed by atoms with Crippen LogP contribution in [0.4, 0.5) is 0 Å². The normalized spacial score (nSPS) is 15.0. The van der Waals surface area contributed by atoms with Gasteiger partial charge in [0.1, 0.15) is 5.69 Å². The molecule has 94 valence electrons. The van der Waals surface area contributed by atoms with Crippen LogP contribution < -0.4 is 0 Å². The molecule has 0 N–H and O–H groups in total. The summed E-state index contributed by atoms with van der Waals surface area (Å²) in [5, 5.41) is 8.42. The maximum absolute atomic E-state index is 5.92. The lowest BCUT2D eigenvalue weighted by Gasteiger charge is -2.06. The number of rotatable bonds is 4. The zero-order chi connectivity index (χ0) is 12.5. The van der Waals surface area contributed by atoms with Gasteiger partial charge in [-0.15, -0.1) is 16.7 Å². The van der Waals surface area contributed by atoms with E-state index in [2.05, 4.69) is 38.4 Å². The van der Waals surface area contributed by atoms with Crippen LogP contribution in [0.25, 0.3) is 0 Å². The fourth-order valence-corrected chi connectivity index (χ4v) is 2.59. The van der Waals surface area contributed by atoms with E-state index in [0.29, 0.717) is 11.8 Å². The predicted molar refractivity (Wildman–Crippen MR) is 74.8 cm³/mol. The molecule has 1 heterocycles. The largest absolute Gasteiger partial charge is 0.244 e. The molecule has 0 atom stereocenters. The highest BCUT2D eigenvalue weighted by molar-refractivity contribution is 9.10. The van der Waals surface area contributed by atoms with E-state index in [4.69, 9.17) is 11.6 Å². The molecule has 1 fully saturated rings. The van der Waals surface area contributed by atoms with Crippen molar-refractivity contribution in [3.8, 4) is 0 Å². The van der Waals surface area contributed by atoms with E-state index in [1.807, 2.05) is 16.8 Å². The van der Waals surface area contributed by atoms with Crippen molar-refractivity contribution in [2.75, 3.05) is 0 Å². The molecule has 2 aromatic rings. The first-order chi connectivity index (χ1) is 8.78. The summed E-state index contributed by atoms with van der Waals surface area (Å²) in [6, 6.07) is 8.29. The number of hydrogen-bond acceptors (Lipinski definition) is 2. The maximum atomic E-state index is 5.92. The minimum Gasteiger partial charge on any atom is -0.244 e. The van der Waals surface area contributed by atoms with Crippen molar-refractivity contribution in [1.82, 2.24) is 15.0 Å². The summed E-state index contributed by atoms with van der Waals surface area (Å²) in [5.74, 6) is 1.07. The fourth-order valence-electron chi connectivity index (χ4n) is 2.13. The van der Waals surface area contributed by atoms with Gasteiger partial charge in [0.25, 0.3) is 0 Å². The van der Waals surface area contributed by atoms with Crippen molar-refractivity contribution in [1.29, 1.82) is 0 Å². The molecule has 0 saturated heterocycles. The van der Waals surface area contributed by atoms with Crippen LogP contribution in [0.15, 0.2) is 28.7 Å². The smallest absolute Gasteiger partial charge is 0.101 e. The van der Waals surface area contributed by atoms with Crippen LogP contribution in [0.3, 0.4) is 0 Å². The molecule has 0 radical (unpaired) electrons. The summed E-state index contributed by atoms with van der Waals surface area (Å²) in [5.41, 5.74) is 3.40. The van der Waals surface area contributed by atoms with E-state index in [9.17, 15) is 0 Å². The summed E-state index contributed by atoms with van der Waals surface area (Å²) in [4.78, 5) is 0. The molecule has 1 aromatic heterocycles. The molecule has 18 heavy (non-hydrogen) atoms. The molecule has 1 aliphatic rings. The van der Waals surface area contributed by atoms with Crippen LogP contribution in [0.2, 0.25) is 0 Å². The Hall–Kier alpha value is -0.870. The summed E-state index contributed by atoms with van der Waals surface area (Å²) in [6.07, 6.45) is 2.47. The second-order valence-electron chi connectivity index (χ2n) is 4.61.